The fraction of sp³-hybridized carbons (Fsp3) is 0.333. The Morgan fingerprint density at radius 1 is 0.882 bits per heavy atom. The molecule has 180 valence electrons. The molecule has 0 N–H and O–H groups in total. The van der Waals surface area contributed by atoms with Crippen LogP contribution in [0.15, 0.2) is 64.0 Å². The molecule has 8 nitrogen and oxygen atoms in total. The van der Waals surface area contributed by atoms with Crippen LogP contribution in [0.2, 0.25) is 0 Å². The first-order valence-electron chi connectivity index (χ1n) is 11.2. The molecule has 0 aliphatic carbocycles. The Hall–Kier alpha value is -2.69. The molecule has 0 atom stereocenters. The average Bonchev–Trinajstić information content (AvgIpc) is 2.86. The van der Waals surface area contributed by atoms with E-state index in [1.165, 1.54) is 4.31 Å². The fourth-order valence-electron chi connectivity index (χ4n) is 3.79. The lowest BCUT2D eigenvalue weighted by Crippen LogP contribution is -2.49. The maximum absolute atomic E-state index is 13.3. The highest BCUT2D eigenvalue weighted by molar-refractivity contribution is 9.10. The second-order valence-corrected chi connectivity index (χ2v) is 10.5. The first-order chi connectivity index (χ1) is 16.4. The molecule has 0 bridgehead atoms. The minimum atomic E-state index is -3.69. The van der Waals surface area contributed by atoms with Crippen LogP contribution in [0, 0.1) is 0 Å². The van der Waals surface area contributed by atoms with Gasteiger partial charge in [0.05, 0.1) is 18.9 Å². The van der Waals surface area contributed by atoms with Crippen molar-refractivity contribution in [3.8, 4) is 22.8 Å². The molecule has 3 aromatic rings. The molecule has 10 heteroatoms. The molecule has 1 saturated heterocycles. The van der Waals surface area contributed by atoms with Crippen molar-refractivity contribution < 1.29 is 17.9 Å². The summed E-state index contributed by atoms with van der Waals surface area (Å²) in [5, 5.41) is 8.75. The largest absolute Gasteiger partial charge is 0.494 e. The van der Waals surface area contributed by atoms with Gasteiger partial charge in [0.1, 0.15) is 16.4 Å². The number of rotatable bonds is 8. The van der Waals surface area contributed by atoms with E-state index in [2.05, 4.69) is 26.1 Å². The quantitative estimate of drug-likeness (QED) is 0.418. The molecule has 0 unspecified atom stereocenters. The van der Waals surface area contributed by atoms with E-state index in [1.807, 2.05) is 55.1 Å². The number of halogens is 1. The molecule has 1 fully saturated rings. The molecule has 4 rings (SSSR count). The third-order valence-electron chi connectivity index (χ3n) is 5.50. The molecule has 2 aromatic carbocycles. The van der Waals surface area contributed by atoms with Crippen LogP contribution in [0.4, 0.5) is 5.82 Å². The van der Waals surface area contributed by atoms with E-state index < -0.39 is 10.0 Å². The van der Waals surface area contributed by atoms with Gasteiger partial charge in [0, 0.05) is 36.2 Å². The van der Waals surface area contributed by atoms with Gasteiger partial charge in [-0.1, -0.05) is 15.9 Å². The number of aromatic nitrogens is 2. The highest BCUT2D eigenvalue weighted by atomic mass is 79.9. The molecule has 2 heterocycles. The van der Waals surface area contributed by atoms with Gasteiger partial charge in [-0.3, -0.25) is 0 Å². The summed E-state index contributed by atoms with van der Waals surface area (Å²) in [5.41, 5.74) is 1.73. The minimum Gasteiger partial charge on any atom is -0.494 e. The Balaban J connectivity index is 1.43. The fourth-order valence-corrected chi connectivity index (χ4v) is 5.88. The van der Waals surface area contributed by atoms with Crippen LogP contribution in [-0.4, -0.2) is 62.3 Å². The molecule has 0 amide bonds. The summed E-state index contributed by atoms with van der Waals surface area (Å²) in [4.78, 5) is 2.22. The van der Waals surface area contributed by atoms with Crippen molar-refractivity contribution in [3.05, 3.63) is 59.1 Å². The third kappa shape index (κ3) is 5.34. The highest BCUT2D eigenvalue weighted by Crippen LogP contribution is 2.31. The summed E-state index contributed by atoms with van der Waals surface area (Å²) in [6.07, 6.45) is 0. The number of sulfonamides is 1. The molecule has 1 aliphatic heterocycles. The molecule has 1 aliphatic rings. The van der Waals surface area contributed by atoms with Crippen LogP contribution >= 0.6 is 15.9 Å². The Labute approximate surface area is 208 Å². The van der Waals surface area contributed by atoms with E-state index in [9.17, 15) is 8.42 Å². The van der Waals surface area contributed by atoms with Crippen LogP contribution in [0.3, 0.4) is 0 Å². The average molecular weight is 547 g/mol. The first-order valence-corrected chi connectivity index (χ1v) is 13.4. The predicted molar refractivity (Wildman–Crippen MR) is 135 cm³/mol. The van der Waals surface area contributed by atoms with E-state index in [0.717, 1.165) is 22.8 Å². The van der Waals surface area contributed by atoms with Gasteiger partial charge in [-0.2, -0.15) is 4.31 Å². The van der Waals surface area contributed by atoms with Crippen molar-refractivity contribution in [2.45, 2.75) is 18.7 Å². The second kappa shape index (κ2) is 10.7. The summed E-state index contributed by atoms with van der Waals surface area (Å²) in [6, 6.07) is 16.6. The zero-order chi connectivity index (χ0) is 24.1. The molecule has 34 heavy (non-hydrogen) atoms. The van der Waals surface area contributed by atoms with Gasteiger partial charge in [0.2, 0.25) is 10.0 Å². The summed E-state index contributed by atoms with van der Waals surface area (Å²) in [5.74, 6) is 1.91. The maximum atomic E-state index is 13.3. The number of anilines is 1. The lowest BCUT2D eigenvalue weighted by Gasteiger charge is -2.34. The molecule has 0 saturated carbocycles. The topological polar surface area (TPSA) is 84.9 Å². The van der Waals surface area contributed by atoms with Gasteiger partial charge in [-0.25, -0.2) is 8.42 Å². The Morgan fingerprint density at radius 2 is 1.59 bits per heavy atom. The number of ether oxygens (including phenoxy) is 2. The van der Waals surface area contributed by atoms with Gasteiger partial charge < -0.3 is 14.4 Å². The van der Waals surface area contributed by atoms with Crippen LogP contribution in [-0.2, 0) is 10.0 Å². The van der Waals surface area contributed by atoms with Crippen molar-refractivity contribution >= 4 is 31.8 Å². The third-order valence-corrected chi connectivity index (χ3v) is 7.91. The molecule has 0 spiro atoms. The standard InChI is InChI=1S/C24H27BrN4O4S/c1-3-32-20-8-5-18(6-9-20)21-10-12-24(27-26-21)28-13-15-29(16-14-28)34(30,31)23-17-19(25)7-11-22(23)33-4-2/h5-12,17H,3-4,13-16H2,1-2H3. The van der Waals surface area contributed by atoms with Gasteiger partial charge in [-0.05, 0) is 68.4 Å². The van der Waals surface area contributed by atoms with Crippen LogP contribution < -0.4 is 14.4 Å². The van der Waals surface area contributed by atoms with Crippen molar-refractivity contribution in [2.75, 3.05) is 44.3 Å². The minimum absolute atomic E-state index is 0.177. The molecular weight excluding hydrogens is 520 g/mol. The van der Waals surface area contributed by atoms with Gasteiger partial charge in [-0.15, -0.1) is 10.2 Å². The zero-order valence-electron chi connectivity index (χ0n) is 19.1. The smallest absolute Gasteiger partial charge is 0.246 e. The van der Waals surface area contributed by atoms with Gasteiger partial charge in [0.15, 0.2) is 5.82 Å². The number of hydrogen-bond acceptors (Lipinski definition) is 7. The number of nitrogens with zero attached hydrogens (tertiary/aromatic N) is 4. The molecule has 0 radical (unpaired) electrons. The number of piperazine rings is 1. The Morgan fingerprint density at radius 3 is 2.21 bits per heavy atom. The second-order valence-electron chi connectivity index (χ2n) is 7.65. The van der Waals surface area contributed by atoms with Crippen molar-refractivity contribution in [1.29, 1.82) is 0 Å². The predicted octanol–water partition coefficient (Wildman–Crippen LogP) is 4.21. The zero-order valence-corrected chi connectivity index (χ0v) is 21.5. The summed E-state index contributed by atoms with van der Waals surface area (Å²) in [6.45, 7) is 6.54. The molecular formula is C24H27BrN4O4S. The van der Waals surface area contributed by atoms with E-state index in [0.29, 0.717) is 49.6 Å². The first kappa shape index (κ1) is 24.4. The summed E-state index contributed by atoms with van der Waals surface area (Å²) < 4.78 is 39.9. The molecule has 1 aromatic heterocycles. The van der Waals surface area contributed by atoms with E-state index in [-0.39, 0.29) is 4.90 Å². The Kier molecular flexibility index (Phi) is 7.70. The monoisotopic (exact) mass is 546 g/mol. The normalized spacial score (nSPS) is 14.7. The maximum Gasteiger partial charge on any atom is 0.246 e. The SMILES string of the molecule is CCOc1ccc(-c2ccc(N3CCN(S(=O)(=O)c4cc(Br)ccc4OCC)CC3)nn2)cc1. The van der Waals surface area contributed by atoms with Crippen LogP contribution in [0.5, 0.6) is 11.5 Å². The lowest BCUT2D eigenvalue weighted by molar-refractivity contribution is 0.327. The van der Waals surface area contributed by atoms with Gasteiger partial charge in [0.25, 0.3) is 0 Å². The van der Waals surface area contributed by atoms with Crippen molar-refractivity contribution in [2.24, 2.45) is 0 Å². The number of hydrogen-bond donors (Lipinski definition) is 0. The Bertz CT molecular complexity index is 1210. The van der Waals surface area contributed by atoms with Crippen molar-refractivity contribution in [3.63, 3.8) is 0 Å². The van der Waals surface area contributed by atoms with E-state index in [4.69, 9.17) is 9.47 Å². The van der Waals surface area contributed by atoms with E-state index in [1.54, 1.807) is 18.2 Å². The van der Waals surface area contributed by atoms with Crippen LogP contribution in [0.1, 0.15) is 13.8 Å². The lowest BCUT2D eigenvalue weighted by atomic mass is 10.1. The van der Waals surface area contributed by atoms with Gasteiger partial charge >= 0.3 is 0 Å². The summed E-state index contributed by atoms with van der Waals surface area (Å²) in [7, 11) is -3.69. The highest BCUT2D eigenvalue weighted by Gasteiger charge is 2.31. The van der Waals surface area contributed by atoms with Crippen LogP contribution in [0.25, 0.3) is 11.3 Å². The van der Waals surface area contributed by atoms with E-state index >= 15 is 0 Å². The van der Waals surface area contributed by atoms with Crippen molar-refractivity contribution in [1.82, 2.24) is 14.5 Å². The summed E-state index contributed by atoms with van der Waals surface area (Å²) >= 11 is 3.37. The number of benzene rings is 2.